The lowest BCUT2D eigenvalue weighted by Crippen LogP contribution is -2.49. The Morgan fingerprint density at radius 1 is 1.14 bits per heavy atom. The number of halogens is 2. The van der Waals surface area contributed by atoms with Crippen LogP contribution in [0.2, 0.25) is 0 Å². The molecule has 116 valence electrons. The van der Waals surface area contributed by atoms with Gasteiger partial charge in [0.2, 0.25) is 0 Å². The van der Waals surface area contributed by atoms with Crippen LogP contribution in [0.4, 0.5) is 14.5 Å². The largest absolute Gasteiger partial charge is 0.433 e. The molecule has 1 saturated carbocycles. The molecule has 1 aliphatic carbocycles. The van der Waals surface area contributed by atoms with E-state index in [-0.39, 0.29) is 11.3 Å². The van der Waals surface area contributed by atoms with Crippen LogP contribution in [-0.2, 0) is 0 Å². The minimum atomic E-state index is -2.78. The van der Waals surface area contributed by atoms with Crippen molar-refractivity contribution in [1.29, 1.82) is 0 Å². The van der Waals surface area contributed by atoms with Gasteiger partial charge in [-0.15, -0.1) is 0 Å². The number of ether oxygens (including phenoxy) is 1. The van der Waals surface area contributed by atoms with Crippen LogP contribution in [0.5, 0.6) is 5.75 Å². The maximum absolute atomic E-state index is 12.6. The van der Waals surface area contributed by atoms with E-state index in [9.17, 15) is 8.78 Å². The highest BCUT2D eigenvalue weighted by atomic mass is 19.3. The summed E-state index contributed by atoms with van der Waals surface area (Å²) in [5.41, 5.74) is 0.932. The topological polar surface area (TPSA) is 24.5 Å². The lowest BCUT2D eigenvalue weighted by atomic mass is 9.97. The number of alkyl halides is 2. The van der Waals surface area contributed by atoms with Crippen molar-refractivity contribution in [3.05, 3.63) is 24.3 Å². The van der Waals surface area contributed by atoms with Gasteiger partial charge in [-0.1, -0.05) is 25.0 Å². The second-order valence-electron chi connectivity index (χ2n) is 6.04. The van der Waals surface area contributed by atoms with Gasteiger partial charge in [-0.3, -0.25) is 0 Å². The molecular weight excluding hydrogens is 274 g/mol. The Labute approximate surface area is 124 Å². The van der Waals surface area contributed by atoms with E-state index in [0.717, 1.165) is 31.7 Å². The maximum Gasteiger partial charge on any atom is 0.387 e. The van der Waals surface area contributed by atoms with Gasteiger partial charge in [0.25, 0.3) is 0 Å². The van der Waals surface area contributed by atoms with E-state index < -0.39 is 6.61 Å². The second-order valence-corrected chi connectivity index (χ2v) is 6.04. The summed E-state index contributed by atoms with van der Waals surface area (Å²) in [5, 5.41) is 3.69. The van der Waals surface area contributed by atoms with Crippen molar-refractivity contribution in [2.45, 2.75) is 44.3 Å². The van der Waals surface area contributed by atoms with Crippen molar-refractivity contribution >= 4 is 5.69 Å². The Balaban J connectivity index is 1.84. The van der Waals surface area contributed by atoms with Gasteiger partial charge < -0.3 is 15.0 Å². The molecule has 1 aromatic carbocycles. The smallest absolute Gasteiger partial charge is 0.387 e. The summed E-state index contributed by atoms with van der Waals surface area (Å²) in [6, 6.07) is 7.13. The van der Waals surface area contributed by atoms with Crippen molar-refractivity contribution in [2.24, 2.45) is 0 Å². The highest BCUT2D eigenvalue weighted by Gasteiger charge is 2.37. The molecule has 1 spiro atoms. The third-order valence-electron chi connectivity index (χ3n) is 4.58. The third kappa shape index (κ3) is 3.28. The monoisotopic (exact) mass is 296 g/mol. The van der Waals surface area contributed by atoms with Crippen molar-refractivity contribution in [3.8, 4) is 5.75 Å². The van der Waals surface area contributed by atoms with E-state index in [0.29, 0.717) is 0 Å². The highest BCUT2D eigenvalue weighted by Crippen LogP contribution is 2.36. The predicted molar refractivity (Wildman–Crippen MR) is 79.1 cm³/mol. The molecule has 1 saturated heterocycles. The zero-order valence-electron chi connectivity index (χ0n) is 12.2. The average Bonchev–Trinajstić information content (AvgIpc) is 2.80. The highest BCUT2D eigenvalue weighted by molar-refractivity contribution is 5.59. The fraction of sp³-hybridized carbons (Fsp3) is 0.625. The molecule has 0 radical (unpaired) electrons. The van der Waals surface area contributed by atoms with Gasteiger partial charge in [0, 0.05) is 18.6 Å². The van der Waals surface area contributed by atoms with Crippen LogP contribution in [0.1, 0.15) is 32.1 Å². The van der Waals surface area contributed by atoms with Crippen LogP contribution in [-0.4, -0.2) is 31.8 Å². The van der Waals surface area contributed by atoms with Crippen LogP contribution in [0.3, 0.4) is 0 Å². The molecule has 1 aliphatic heterocycles. The first kappa shape index (κ1) is 14.6. The molecule has 1 N–H and O–H groups in total. The lowest BCUT2D eigenvalue weighted by molar-refractivity contribution is -0.0495. The Morgan fingerprint density at radius 3 is 2.67 bits per heavy atom. The number of nitrogens with one attached hydrogen (secondary N) is 1. The molecule has 2 aliphatic rings. The van der Waals surface area contributed by atoms with Gasteiger partial charge in [-0.25, -0.2) is 0 Å². The number of benzene rings is 1. The molecule has 3 rings (SSSR count). The number of hydrogen-bond donors (Lipinski definition) is 1. The van der Waals surface area contributed by atoms with Crippen LogP contribution in [0, 0.1) is 0 Å². The molecule has 0 unspecified atom stereocenters. The molecule has 3 nitrogen and oxygen atoms in total. The maximum atomic E-state index is 12.6. The van der Waals surface area contributed by atoms with Crippen molar-refractivity contribution in [2.75, 3.05) is 24.5 Å². The van der Waals surface area contributed by atoms with Crippen LogP contribution in [0.15, 0.2) is 24.3 Å². The summed E-state index contributed by atoms with van der Waals surface area (Å²) < 4.78 is 29.9. The van der Waals surface area contributed by atoms with Gasteiger partial charge in [-0.2, -0.15) is 8.78 Å². The number of anilines is 1. The average molecular weight is 296 g/mol. The van der Waals surface area contributed by atoms with Gasteiger partial charge >= 0.3 is 6.61 Å². The molecule has 2 fully saturated rings. The van der Waals surface area contributed by atoms with E-state index in [1.165, 1.54) is 25.7 Å². The number of rotatable bonds is 3. The molecule has 1 heterocycles. The van der Waals surface area contributed by atoms with Crippen LogP contribution in [0.25, 0.3) is 0 Å². The van der Waals surface area contributed by atoms with Crippen molar-refractivity contribution in [3.63, 3.8) is 0 Å². The Bertz CT molecular complexity index is 475. The van der Waals surface area contributed by atoms with E-state index >= 15 is 0 Å². The quantitative estimate of drug-likeness (QED) is 0.925. The number of nitrogens with zero attached hydrogens (tertiary/aromatic N) is 1. The summed E-state index contributed by atoms with van der Waals surface area (Å²) in [6.45, 7) is -0.0414. The lowest BCUT2D eigenvalue weighted by Gasteiger charge is -2.35. The molecule has 0 bridgehead atoms. The Hall–Kier alpha value is -1.36. The zero-order valence-corrected chi connectivity index (χ0v) is 12.2. The molecule has 0 amide bonds. The third-order valence-corrected chi connectivity index (χ3v) is 4.58. The van der Waals surface area contributed by atoms with E-state index in [2.05, 4.69) is 10.2 Å². The summed E-state index contributed by atoms with van der Waals surface area (Å²) in [4.78, 5) is 2.21. The standard InChI is InChI=1S/C16H22F2N2O/c17-15(18)21-14-7-2-1-6-13(14)20-11-5-10-19-16(12-20)8-3-4-9-16/h1-2,6-7,15,19H,3-5,8-12H2. The van der Waals surface area contributed by atoms with Gasteiger partial charge in [0.1, 0.15) is 5.75 Å². The fourth-order valence-electron chi connectivity index (χ4n) is 3.63. The first-order chi connectivity index (χ1) is 10.2. The van der Waals surface area contributed by atoms with Crippen molar-refractivity contribution < 1.29 is 13.5 Å². The van der Waals surface area contributed by atoms with E-state index in [1.54, 1.807) is 12.1 Å². The van der Waals surface area contributed by atoms with E-state index in [4.69, 9.17) is 4.74 Å². The van der Waals surface area contributed by atoms with Crippen LogP contribution < -0.4 is 15.0 Å². The molecule has 1 aromatic rings. The molecule has 21 heavy (non-hydrogen) atoms. The normalized spacial score (nSPS) is 21.8. The minimum absolute atomic E-state index is 0.147. The first-order valence-corrected chi connectivity index (χ1v) is 7.72. The number of para-hydroxylation sites is 2. The fourth-order valence-corrected chi connectivity index (χ4v) is 3.63. The second kappa shape index (κ2) is 6.18. The molecule has 0 atom stereocenters. The zero-order chi connectivity index (χ0) is 14.7. The summed E-state index contributed by atoms with van der Waals surface area (Å²) in [6.07, 6.45) is 5.85. The van der Waals surface area contributed by atoms with Gasteiger partial charge in [0.15, 0.2) is 0 Å². The molecular formula is C16H22F2N2O. The van der Waals surface area contributed by atoms with Crippen molar-refractivity contribution in [1.82, 2.24) is 5.32 Å². The summed E-state index contributed by atoms with van der Waals surface area (Å²) in [7, 11) is 0. The Kier molecular flexibility index (Phi) is 4.29. The summed E-state index contributed by atoms with van der Waals surface area (Å²) in [5.74, 6) is 0.280. The Morgan fingerprint density at radius 2 is 1.90 bits per heavy atom. The predicted octanol–water partition coefficient (Wildman–Crippen LogP) is 3.40. The molecule has 5 heteroatoms. The van der Waals surface area contributed by atoms with E-state index in [1.807, 2.05) is 12.1 Å². The summed E-state index contributed by atoms with van der Waals surface area (Å²) >= 11 is 0. The van der Waals surface area contributed by atoms with Crippen LogP contribution >= 0.6 is 0 Å². The molecule has 0 aromatic heterocycles. The minimum Gasteiger partial charge on any atom is -0.433 e. The van der Waals surface area contributed by atoms with Gasteiger partial charge in [0.05, 0.1) is 5.69 Å². The SMILES string of the molecule is FC(F)Oc1ccccc1N1CCCNC2(CCCC2)C1. The van der Waals surface area contributed by atoms with Gasteiger partial charge in [-0.05, 0) is 37.9 Å². The first-order valence-electron chi connectivity index (χ1n) is 7.72. The number of hydrogen-bond acceptors (Lipinski definition) is 3.